The normalized spacial score (nSPS) is 20.2. The van der Waals surface area contributed by atoms with Crippen LogP contribution in [-0.2, 0) is 10.6 Å². The highest BCUT2D eigenvalue weighted by Gasteiger charge is 2.45. The second kappa shape index (κ2) is 3.49. The van der Waals surface area contributed by atoms with Gasteiger partial charge in [-0.3, -0.25) is 0 Å². The minimum atomic E-state index is -2.35. The number of ether oxygens (including phenoxy) is 1. The molecular formula is C16H10O4. The van der Waals surface area contributed by atoms with Crippen molar-refractivity contribution in [2.45, 2.75) is 5.79 Å². The molecule has 1 aliphatic heterocycles. The number of hydrogen-bond acceptors (Lipinski definition) is 3. The summed E-state index contributed by atoms with van der Waals surface area (Å²) >= 11 is 0. The van der Waals surface area contributed by atoms with Crippen LogP contribution >= 0.6 is 0 Å². The third-order valence-corrected chi connectivity index (χ3v) is 3.76. The molecule has 1 unspecified atom stereocenters. The van der Waals surface area contributed by atoms with E-state index in [-0.39, 0.29) is 5.56 Å². The van der Waals surface area contributed by atoms with Crippen molar-refractivity contribution in [2.75, 3.05) is 0 Å². The maximum absolute atomic E-state index is 11.5. The standard InChI is InChI=1S/C16H10O4/c17-15(18)16(19)11-5-1-3-9-7-8-10-4-2-6-12(20-16)14(10)13(9)11/h1-8,19H,(H,17,18). The highest BCUT2D eigenvalue weighted by Crippen LogP contribution is 2.44. The lowest BCUT2D eigenvalue weighted by Gasteiger charge is -2.31. The second-order valence-corrected chi connectivity index (χ2v) is 4.87. The molecule has 1 atom stereocenters. The molecule has 98 valence electrons. The average molecular weight is 266 g/mol. The van der Waals surface area contributed by atoms with Crippen LogP contribution in [0.1, 0.15) is 5.56 Å². The van der Waals surface area contributed by atoms with Crippen LogP contribution in [0.2, 0.25) is 0 Å². The van der Waals surface area contributed by atoms with E-state index in [9.17, 15) is 15.0 Å². The molecule has 4 nitrogen and oxygen atoms in total. The van der Waals surface area contributed by atoms with Crippen molar-refractivity contribution in [3.05, 3.63) is 54.1 Å². The molecule has 3 aromatic carbocycles. The molecule has 2 N–H and O–H groups in total. The molecule has 20 heavy (non-hydrogen) atoms. The summed E-state index contributed by atoms with van der Waals surface area (Å²) < 4.78 is 5.40. The zero-order valence-electron chi connectivity index (χ0n) is 10.3. The Morgan fingerprint density at radius 1 is 0.950 bits per heavy atom. The van der Waals surface area contributed by atoms with Crippen LogP contribution in [0.15, 0.2) is 48.5 Å². The minimum absolute atomic E-state index is 0.270. The second-order valence-electron chi connectivity index (χ2n) is 4.87. The van der Waals surface area contributed by atoms with Crippen molar-refractivity contribution in [1.82, 2.24) is 0 Å². The molecule has 3 aromatic rings. The third kappa shape index (κ3) is 1.21. The van der Waals surface area contributed by atoms with Crippen LogP contribution in [0, 0.1) is 0 Å². The van der Waals surface area contributed by atoms with Gasteiger partial charge in [-0.2, -0.15) is 0 Å². The van der Waals surface area contributed by atoms with Gasteiger partial charge in [0.25, 0.3) is 0 Å². The molecule has 0 saturated carbocycles. The first-order chi connectivity index (χ1) is 9.61. The van der Waals surface area contributed by atoms with Crippen LogP contribution < -0.4 is 4.74 Å². The molecule has 0 amide bonds. The zero-order chi connectivity index (χ0) is 13.9. The summed E-state index contributed by atoms with van der Waals surface area (Å²) in [7, 11) is 0. The first-order valence-corrected chi connectivity index (χ1v) is 6.21. The van der Waals surface area contributed by atoms with Gasteiger partial charge < -0.3 is 14.9 Å². The number of carboxylic acids is 1. The quantitative estimate of drug-likeness (QED) is 0.664. The monoisotopic (exact) mass is 266 g/mol. The summed E-state index contributed by atoms with van der Waals surface area (Å²) in [5, 5.41) is 23.2. The number of hydrogen-bond donors (Lipinski definition) is 2. The molecule has 4 rings (SSSR count). The Labute approximate surface area is 113 Å². The molecule has 0 radical (unpaired) electrons. The van der Waals surface area contributed by atoms with Gasteiger partial charge in [-0.1, -0.05) is 42.5 Å². The van der Waals surface area contributed by atoms with Gasteiger partial charge in [-0.05, 0) is 16.8 Å². The van der Waals surface area contributed by atoms with Gasteiger partial charge in [-0.15, -0.1) is 0 Å². The SMILES string of the molecule is O=C(O)C1(O)Oc2cccc3ccc4cccc1c4c23. The lowest BCUT2D eigenvalue weighted by Crippen LogP contribution is -2.43. The van der Waals surface area contributed by atoms with E-state index in [0.29, 0.717) is 5.75 Å². The predicted octanol–water partition coefficient (Wildman–Crippen LogP) is 2.62. The van der Waals surface area contributed by atoms with Crippen LogP contribution in [0.4, 0.5) is 0 Å². The molecule has 4 heteroatoms. The van der Waals surface area contributed by atoms with Gasteiger partial charge >= 0.3 is 11.8 Å². The number of aliphatic hydroxyl groups is 1. The van der Waals surface area contributed by atoms with Gasteiger partial charge in [0.05, 0.1) is 0 Å². The lowest BCUT2D eigenvalue weighted by molar-refractivity contribution is -0.197. The topological polar surface area (TPSA) is 66.8 Å². The van der Waals surface area contributed by atoms with Gasteiger partial charge in [0.1, 0.15) is 5.75 Å². The van der Waals surface area contributed by atoms with Gasteiger partial charge in [0, 0.05) is 16.3 Å². The number of rotatable bonds is 1. The van der Waals surface area contributed by atoms with E-state index in [1.165, 1.54) is 0 Å². The molecule has 0 spiro atoms. The van der Waals surface area contributed by atoms with E-state index in [1.807, 2.05) is 24.3 Å². The maximum Gasteiger partial charge on any atom is 0.382 e. The van der Waals surface area contributed by atoms with E-state index in [1.54, 1.807) is 24.3 Å². The minimum Gasteiger partial charge on any atom is -0.476 e. The molecule has 0 aromatic heterocycles. The van der Waals surface area contributed by atoms with Crippen molar-refractivity contribution in [2.24, 2.45) is 0 Å². The summed E-state index contributed by atoms with van der Waals surface area (Å²) in [5.41, 5.74) is 0.270. The van der Waals surface area contributed by atoms with E-state index in [4.69, 9.17) is 4.74 Å². The highest BCUT2D eigenvalue weighted by atomic mass is 16.6. The summed E-state index contributed by atoms with van der Waals surface area (Å²) in [5.74, 6) is -3.38. The Balaban J connectivity index is 2.30. The van der Waals surface area contributed by atoms with E-state index in [0.717, 1.165) is 21.5 Å². The maximum atomic E-state index is 11.5. The zero-order valence-corrected chi connectivity index (χ0v) is 10.3. The summed E-state index contributed by atoms with van der Waals surface area (Å²) in [6.07, 6.45) is 0. The van der Waals surface area contributed by atoms with Crippen LogP contribution in [0.25, 0.3) is 21.5 Å². The molecule has 0 aliphatic carbocycles. The number of carboxylic acid groups (broad SMARTS) is 1. The fourth-order valence-electron chi connectivity index (χ4n) is 2.86. The molecule has 0 bridgehead atoms. The van der Waals surface area contributed by atoms with Crippen LogP contribution in [0.5, 0.6) is 5.75 Å². The molecular weight excluding hydrogens is 256 g/mol. The van der Waals surface area contributed by atoms with Gasteiger partial charge in [-0.25, -0.2) is 4.79 Å². The van der Waals surface area contributed by atoms with E-state index < -0.39 is 11.8 Å². The average Bonchev–Trinajstić information content (AvgIpc) is 2.45. The van der Waals surface area contributed by atoms with Crippen molar-refractivity contribution >= 4 is 27.5 Å². The lowest BCUT2D eigenvalue weighted by atomic mass is 9.90. The molecule has 1 heterocycles. The van der Waals surface area contributed by atoms with Crippen LogP contribution in [-0.4, -0.2) is 16.2 Å². The number of aliphatic carboxylic acids is 1. The third-order valence-electron chi connectivity index (χ3n) is 3.76. The fourth-order valence-corrected chi connectivity index (χ4v) is 2.86. The van der Waals surface area contributed by atoms with Crippen LogP contribution in [0.3, 0.4) is 0 Å². The van der Waals surface area contributed by atoms with Crippen molar-refractivity contribution < 1.29 is 19.7 Å². The molecule has 0 fully saturated rings. The largest absolute Gasteiger partial charge is 0.476 e. The fraction of sp³-hybridized carbons (Fsp3) is 0.0625. The van der Waals surface area contributed by atoms with Gasteiger partial charge in [0.2, 0.25) is 0 Å². The number of benzene rings is 3. The molecule has 1 aliphatic rings. The highest BCUT2D eigenvalue weighted by molar-refractivity contribution is 6.14. The first kappa shape index (κ1) is 11.3. The Hall–Kier alpha value is -2.59. The van der Waals surface area contributed by atoms with E-state index >= 15 is 0 Å². The first-order valence-electron chi connectivity index (χ1n) is 6.21. The van der Waals surface area contributed by atoms with Crippen molar-refractivity contribution in [1.29, 1.82) is 0 Å². The Kier molecular flexibility index (Phi) is 1.96. The predicted molar refractivity (Wildman–Crippen MR) is 73.6 cm³/mol. The Morgan fingerprint density at radius 2 is 1.60 bits per heavy atom. The summed E-state index contributed by atoms with van der Waals surface area (Å²) in [4.78, 5) is 11.5. The molecule has 0 saturated heterocycles. The number of carbonyl (C=O) groups is 1. The van der Waals surface area contributed by atoms with Gasteiger partial charge in [0.15, 0.2) is 0 Å². The van der Waals surface area contributed by atoms with Crippen molar-refractivity contribution in [3.8, 4) is 5.75 Å². The van der Waals surface area contributed by atoms with E-state index in [2.05, 4.69) is 0 Å². The van der Waals surface area contributed by atoms with Crippen molar-refractivity contribution in [3.63, 3.8) is 0 Å². The smallest absolute Gasteiger partial charge is 0.382 e. The summed E-state index contributed by atoms with van der Waals surface area (Å²) in [6.45, 7) is 0. The Morgan fingerprint density at radius 3 is 2.30 bits per heavy atom. The summed E-state index contributed by atoms with van der Waals surface area (Å²) in [6, 6.07) is 14.5. The Bertz CT molecular complexity index is 884.